The van der Waals surface area contributed by atoms with Crippen LogP contribution < -0.4 is 0 Å². The predicted octanol–water partition coefficient (Wildman–Crippen LogP) is 4.57. The second-order valence-electron chi connectivity index (χ2n) is 3.89. The molecule has 0 atom stereocenters. The lowest BCUT2D eigenvalue weighted by Gasteiger charge is -1.97. The van der Waals surface area contributed by atoms with Crippen LogP contribution in [0.4, 0.5) is 11.4 Å². The molecule has 0 aliphatic rings. The summed E-state index contributed by atoms with van der Waals surface area (Å²) in [7, 11) is 0. The van der Waals surface area contributed by atoms with Gasteiger partial charge in [0.2, 0.25) is 0 Å². The van der Waals surface area contributed by atoms with Crippen LogP contribution in [0, 0.1) is 0 Å². The van der Waals surface area contributed by atoms with E-state index in [1.807, 2.05) is 66.9 Å². The number of hydrogen-bond donors (Lipinski definition) is 0. The van der Waals surface area contributed by atoms with Gasteiger partial charge in [-0.25, -0.2) is 0 Å². The van der Waals surface area contributed by atoms with Gasteiger partial charge >= 0.3 is 0 Å². The molecular formula is C16H16N2. The van der Waals surface area contributed by atoms with E-state index in [9.17, 15) is 0 Å². The van der Waals surface area contributed by atoms with Crippen LogP contribution in [0.15, 0.2) is 70.6 Å². The lowest BCUT2D eigenvalue weighted by molar-refractivity contribution is 1.29. The second-order valence-corrected chi connectivity index (χ2v) is 3.89. The summed E-state index contributed by atoms with van der Waals surface area (Å²) >= 11 is 0. The Morgan fingerprint density at radius 2 is 1.44 bits per heavy atom. The molecule has 0 N–H and O–H groups in total. The lowest BCUT2D eigenvalue weighted by Crippen LogP contribution is -1.96. The molecule has 0 aliphatic heterocycles. The highest BCUT2D eigenvalue weighted by Crippen LogP contribution is 2.12. The van der Waals surface area contributed by atoms with E-state index in [2.05, 4.69) is 16.9 Å². The molecule has 2 nitrogen and oxygen atoms in total. The fourth-order valence-corrected chi connectivity index (χ4v) is 1.53. The van der Waals surface area contributed by atoms with Crippen molar-refractivity contribution in [1.29, 1.82) is 0 Å². The van der Waals surface area contributed by atoms with Crippen LogP contribution in [0.25, 0.3) is 0 Å². The van der Waals surface area contributed by atoms with E-state index in [1.165, 1.54) is 0 Å². The van der Waals surface area contributed by atoms with Gasteiger partial charge in [0.1, 0.15) is 0 Å². The van der Waals surface area contributed by atoms with Crippen molar-refractivity contribution in [3.8, 4) is 0 Å². The SMILES string of the molecule is CCC(C=Nc1ccccc1)=Nc1ccccc1. The molecule has 2 heteroatoms. The van der Waals surface area contributed by atoms with Crippen molar-refractivity contribution in [1.82, 2.24) is 0 Å². The van der Waals surface area contributed by atoms with E-state index < -0.39 is 0 Å². The molecule has 0 saturated heterocycles. The average molecular weight is 236 g/mol. The van der Waals surface area contributed by atoms with Crippen molar-refractivity contribution >= 4 is 23.3 Å². The number of nitrogens with zero attached hydrogens (tertiary/aromatic N) is 2. The summed E-state index contributed by atoms with van der Waals surface area (Å²) in [6.45, 7) is 2.08. The Morgan fingerprint density at radius 1 is 0.889 bits per heavy atom. The van der Waals surface area contributed by atoms with Crippen LogP contribution in [-0.4, -0.2) is 11.9 Å². The molecule has 0 aliphatic carbocycles. The Labute approximate surface area is 108 Å². The maximum Gasteiger partial charge on any atom is 0.0633 e. The molecule has 0 spiro atoms. The van der Waals surface area contributed by atoms with Gasteiger partial charge in [-0.2, -0.15) is 0 Å². The van der Waals surface area contributed by atoms with Gasteiger partial charge in [0.25, 0.3) is 0 Å². The third-order valence-electron chi connectivity index (χ3n) is 2.51. The Bertz CT molecular complexity index is 528. The molecule has 2 aromatic carbocycles. The molecular weight excluding hydrogens is 220 g/mol. The summed E-state index contributed by atoms with van der Waals surface area (Å²) in [6.07, 6.45) is 2.70. The second kappa shape index (κ2) is 6.50. The normalized spacial score (nSPS) is 11.9. The minimum Gasteiger partial charge on any atom is -0.255 e. The molecule has 0 amide bonds. The van der Waals surface area contributed by atoms with Gasteiger partial charge in [-0.1, -0.05) is 43.3 Å². The average Bonchev–Trinajstić information content (AvgIpc) is 2.45. The van der Waals surface area contributed by atoms with Gasteiger partial charge in [0.15, 0.2) is 0 Å². The van der Waals surface area contributed by atoms with Crippen molar-refractivity contribution in [2.24, 2.45) is 9.98 Å². The molecule has 90 valence electrons. The number of para-hydroxylation sites is 2. The molecule has 2 rings (SSSR count). The van der Waals surface area contributed by atoms with E-state index in [1.54, 1.807) is 0 Å². The summed E-state index contributed by atoms with van der Waals surface area (Å²) in [5.41, 5.74) is 2.89. The van der Waals surface area contributed by atoms with Crippen molar-refractivity contribution < 1.29 is 0 Å². The Morgan fingerprint density at radius 3 is 2.00 bits per heavy atom. The summed E-state index contributed by atoms with van der Waals surface area (Å²) in [4.78, 5) is 8.98. The van der Waals surface area contributed by atoms with Crippen LogP contribution in [0.5, 0.6) is 0 Å². The van der Waals surface area contributed by atoms with Crippen LogP contribution >= 0.6 is 0 Å². The fraction of sp³-hybridized carbons (Fsp3) is 0.125. The van der Waals surface area contributed by atoms with Crippen molar-refractivity contribution in [3.05, 3.63) is 60.7 Å². The van der Waals surface area contributed by atoms with Crippen molar-refractivity contribution in [3.63, 3.8) is 0 Å². The number of benzene rings is 2. The van der Waals surface area contributed by atoms with Gasteiger partial charge in [0.05, 0.1) is 17.1 Å². The molecule has 0 fully saturated rings. The number of rotatable bonds is 4. The molecule has 0 saturated carbocycles. The third kappa shape index (κ3) is 3.67. The summed E-state index contributed by atoms with van der Waals surface area (Å²) in [5, 5.41) is 0. The van der Waals surface area contributed by atoms with E-state index in [0.29, 0.717) is 0 Å². The highest BCUT2D eigenvalue weighted by Gasteiger charge is 1.93. The van der Waals surface area contributed by atoms with Crippen LogP contribution in [-0.2, 0) is 0 Å². The van der Waals surface area contributed by atoms with Crippen LogP contribution in [0.3, 0.4) is 0 Å². The van der Waals surface area contributed by atoms with Gasteiger partial charge in [0, 0.05) is 6.21 Å². The molecule has 0 bridgehead atoms. The largest absolute Gasteiger partial charge is 0.255 e. The minimum absolute atomic E-state index is 0.866. The smallest absolute Gasteiger partial charge is 0.0633 e. The number of hydrogen-bond acceptors (Lipinski definition) is 2. The van der Waals surface area contributed by atoms with Crippen molar-refractivity contribution in [2.75, 3.05) is 0 Å². The molecule has 18 heavy (non-hydrogen) atoms. The fourth-order valence-electron chi connectivity index (χ4n) is 1.53. The zero-order valence-electron chi connectivity index (χ0n) is 10.5. The maximum atomic E-state index is 4.56. The Balaban J connectivity index is 2.15. The zero-order chi connectivity index (χ0) is 12.6. The van der Waals surface area contributed by atoms with Crippen LogP contribution in [0.1, 0.15) is 13.3 Å². The highest BCUT2D eigenvalue weighted by atomic mass is 14.8. The standard InChI is InChI=1S/C16H16N2/c1-2-14(18-16-11-7-4-8-12-16)13-17-15-9-5-3-6-10-15/h3-13H,2H2,1H3. The van der Waals surface area contributed by atoms with Gasteiger partial charge in [-0.3, -0.25) is 9.98 Å². The molecule has 0 heterocycles. The molecule has 0 radical (unpaired) electrons. The first-order valence-electron chi connectivity index (χ1n) is 6.10. The third-order valence-corrected chi connectivity index (χ3v) is 2.51. The van der Waals surface area contributed by atoms with E-state index >= 15 is 0 Å². The first kappa shape index (κ1) is 12.2. The van der Waals surface area contributed by atoms with Crippen molar-refractivity contribution in [2.45, 2.75) is 13.3 Å². The topological polar surface area (TPSA) is 24.7 Å². The minimum atomic E-state index is 0.866. The summed E-state index contributed by atoms with van der Waals surface area (Å²) in [5.74, 6) is 0. The quantitative estimate of drug-likeness (QED) is 0.695. The molecule has 0 unspecified atom stereocenters. The zero-order valence-corrected chi connectivity index (χ0v) is 10.5. The first-order chi connectivity index (χ1) is 8.88. The summed E-state index contributed by atoms with van der Waals surface area (Å²) < 4.78 is 0. The molecule has 0 aromatic heterocycles. The van der Waals surface area contributed by atoms with Gasteiger partial charge in [-0.15, -0.1) is 0 Å². The van der Waals surface area contributed by atoms with Gasteiger partial charge < -0.3 is 0 Å². The number of aliphatic imine (C=N–C) groups is 2. The predicted molar refractivity (Wildman–Crippen MR) is 78.4 cm³/mol. The highest BCUT2D eigenvalue weighted by molar-refractivity contribution is 6.31. The maximum absolute atomic E-state index is 4.56. The lowest BCUT2D eigenvalue weighted by atomic mass is 10.3. The van der Waals surface area contributed by atoms with E-state index in [-0.39, 0.29) is 0 Å². The Kier molecular flexibility index (Phi) is 4.42. The van der Waals surface area contributed by atoms with E-state index in [0.717, 1.165) is 23.5 Å². The van der Waals surface area contributed by atoms with Crippen LogP contribution in [0.2, 0.25) is 0 Å². The first-order valence-corrected chi connectivity index (χ1v) is 6.10. The van der Waals surface area contributed by atoms with E-state index in [4.69, 9.17) is 0 Å². The monoisotopic (exact) mass is 236 g/mol. The van der Waals surface area contributed by atoms with Gasteiger partial charge in [-0.05, 0) is 30.7 Å². The Hall–Kier alpha value is -2.22. The summed E-state index contributed by atoms with van der Waals surface area (Å²) in [6, 6.07) is 19.8. The molecule has 2 aromatic rings.